The number of nitrogens with zero attached hydrogens (tertiary/aromatic N) is 1. The van der Waals surface area contributed by atoms with Crippen LogP contribution >= 0.6 is 11.8 Å². The first-order valence-electron chi connectivity index (χ1n) is 8.80. The van der Waals surface area contributed by atoms with Crippen LogP contribution in [0.5, 0.6) is 0 Å². The van der Waals surface area contributed by atoms with E-state index in [1.165, 1.54) is 36.0 Å². The number of rotatable bonds is 1. The molecule has 0 spiro atoms. The Hall–Kier alpha value is -1.57. The van der Waals surface area contributed by atoms with Crippen LogP contribution in [-0.4, -0.2) is 30.1 Å². The number of piperidine rings is 1. The lowest BCUT2D eigenvalue weighted by atomic mass is 9.71. The number of benzene rings is 2. The highest BCUT2D eigenvalue weighted by Gasteiger charge is 2.47. The summed E-state index contributed by atoms with van der Waals surface area (Å²) in [5.74, 6) is -0.664. The molecule has 1 saturated heterocycles. The minimum absolute atomic E-state index is 0.235. The molecular formula is C20H19F4NOS. The first-order valence-corrected chi connectivity index (χ1v) is 9.62. The zero-order valence-electron chi connectivity index (χ0n) is 14.7. The van der Waals surface area contributed by atoms with E-state index in [9.17, 15) is 22.7 Å². The summed E-state index contributed by atoms with van der Waals surface area (Å²) in [5, 5.41) is 11.8. The Labute approximate surface area is 159 Å². The largest absolute Gasteiger partial charge is 0.416 e. The quantitative estimate of drug-likeness (QED) is 0.694. The molecule has 7 heteroatoms. The third-order valence-electron chi connectivity index (χ3n) is 5.60. The van der Waals surface area contributed by atoms with E-state index in [0.29, 0.717) is 28.2 Å². The molecule has 2 nitrogen and oxygen atoms in total. The fourth-order valence-electron chi connectivity index (χ4n) is 4.12. The van der Waals surface area contributed by atoms with Crippen LogP contribution in [0.25, 0.3) is 0 Å². The van der Waals surface area contributed by atoms with Crippen molar-refractivity contribution in [2.45, 2.75) is 34.4 Å². The van der Waals surface area contributed by atoms with E-state index in [2.05, 4.69) is 4.90 Å². The minimum Gasteiger partial charge on any atom is -0.380 e. The minimum atomic E-state index is -4.49. The number of alkyl halides is 3. The highest BCUT2D eigenvalue weighted by Crippen LogP contribution is 2.54. The Bertz CT molecular complexity index is 877. The number of aliphatic hydroxyl groups is 1. The summed E-state index contributed by atoms with van der Waals surface area (Å²) < 4.78 is 53.7. The molecule has 0 bridgehead atoms. The lowest BCUT2D eigenvalue weighted by Crippen LogP contribution is -2.44. The van der Waals surface area contributed by atoms with Gasteiger partial charge in [-0.3, -0.25) is 0 Å². The Morgan fingerprint density at radius 1 is 1.04 bits per heavy atom. The topological polar surface area (TPSA) is 23.5 Å². The summed E-state index contributed by atoms with van der Waals surface area (Å²) in [6.45, 7) is 1.51. The van der Waals surface area contributed by atoms with Crippen molar-refractivity contribution < 1.29 is 22.7 Å². The Kier molecular flexibility index (Phi) is 4.52. The molecule has 2 aromatic carbocycles. The van der Waals surface area contributed by atoms with Gasteiger partial charge in [-0.15, -0.1) is 0 Å². The third-order valence-corrected chi connectivity index (χ3v) is 6.73. The maximum atomic E-state index is 13.8. The third kappa shape index (κ3) is 3.15. The number of likely N-dealkylation sites (tertiary alicyclic amines) is 1. The van der Waals surface area contributed by atoms with Gasteiger partial charge in [-0.1, -0.05) is 17.8 Å². The predicted octanol–water partition coefficient (Wildman–Crippen LogP) is 4.89. The lowest BCUT2D eigenvalue weighted by molar-refractivity contribution is -0.137. The van der Waals surface area contributed by atoms with Gasteiger partial charge in [0.05, 0.1) is 5.56 Å². The molecule has 0 aliphatic carbocycles. The van der Waals surface area contributed by atoms with E-state index in [1.54, 1.807) is 0 Å². The van der Waals surface area contributed by atoms with Gasteiger partial charge in [-0.05, 0) is 69.2 Å². The second-order valence-electron chi connectivity index (χ2n) is 7.30. The fraction of sp³-hybridized carbons (Fsp3) is 0.400. The van der Waals surface area contributed by atoms with Gasteiger partial charge in [0.15, 0.2) is 0 Å². The van der Waals surface area contributed by atoms with Gasteiger partial charge >= 0.3 is 6.18 Å². The molecule has 1 fully saturated rings. The monoisotopic (exact) mass is 397 g/mol. The van der Waals surface area contributed by atoms with Gasteiger partial charge in [0.1, 0.15) is 11.4 Å². The zero-order chi connectivity index (χ0) is 19.4. The smallest absolute Gasteiger partial charge is 0.380 e. The lowest BCUT2D eigenvalue weighted by Gasteiger charge is -2.45. The summed E-state index contributed by atoms with van der Waals surface area (Å²) in [6.07, 6.45) is -3.18. The Morgan fingerprint density at radius 2 is 1.74 bits per heavy atom. The molecule has 144 valence electrons. The van der Waals surface area contributed by atoms with Crippen molar-refractivity contribution in [2.24, 2.45) is 5.92 Å². The molecule has 1 N–H and O–H groups in total. The average Bonchev–Trinajstić information content (AvgIpc) is 2.61. The molecule has 0 radical (unpaired) electrons. The molecule has 4 rings (SSSR count). The van der Waals surface area contributed by atoms with E-state index in [1.807, 2.05) is 7.05 Å². The summed E-state index contributed by atoms with van der Waals surface area (Å²) >= 11 is 1.21. The summed E-state index contributed by atoms with van der Waals surface area (Å²) in [4.78, 5) is 3.24. The zero-order valence-corrected chi connectivity index (χ0v) is 15.5. The maximum Gasteiger partial charge on any atom is 0.416 e. The standard InChI is InChI=1S/C20H19F4NOS/c1-25-8-6-12(7-9-25)19(26)15-4-3-14(21)11-18(15)27-17-5-2-13(10-16(17)19)20(22,23)24/h2-5,10-12,26H,6-9H2,1H3. The molecule has 1 unspecified atom stereocenters. The molecule has 2 aliphatic heterocycles. The van der Waals surface area contributed by atoms with E-state index in [0.717, 1.165) is 25.2 Å². The van der Waals surface area contributed by atoms with Gasteiger partial charge in [0, 0.05) is 20.9 Å². The summed E-state index contributed by atoms with van der Waals surface area (Å²) in [5.41, 5.74) is -1.57. The first-order chi connectivity index (χ1) is 12.7. The predicted molar refractivity (Wildman–Crippen MR) is 95.2 cm³/mol. The van der Waals surface area contributed by atoms with Gasteiger partial charge in [0.25, 0.3) is 0 Å². The van der Waals surface area contributed by atoms with Crippen molar-refractivity contribution in [3.8, 4) is 0 Å². The van der Waals surface area contributed by atoms with Crippen LogP contribution in [0.2, 0.25) is 0 Å². The highest BCUT2D eigenvalue weighted by molar-refractivity contribution is 7.99. The van der Waals surface area contributed by atoms with Gasteiger partial charge in [0.2, 0.25) is 0 Å². The molecule has 27 heavy (non-hydrogen) atoms. The summed E-state index contributed by atoms with van der Waals surface area (Å²) in [6, 6.07) is 7.59. The normalized spacial score (nSPS) is 23.8. The van der Waals surface area contributed by atoms with Crippen molar-refractivity contribution in [3.05, 3.63) is 58.9 Å². The maximum absolute atomic E-state index is 13.8. The number of halogens is 4. The second kappa shape index (κ2) is 6.50. The van der Waals surface area contributed by atoms with Gasteiger partial charge < -0.3 is 10.0 Å². The van der Waals surface area contributed by atoms with E-state index in [-0.39, 0.29) is 11.5 Å². The molecule has 0 aromatic heterocycles. The van der Waals surface area contributed by atoms with Crippen LogP contribution in [0, 0.1) is 11.7 Å². The van der Waals surface area contributed by atoms with E-state index in [4.69, 9.17) is 0 Å². The van der Waals surface area contributed by atoms with Gasteiger partial charge in [-0.2, -0.15) is 13.2 Å². The van der Waals surface area contributed by atoms with Crippen molar-refractivity contribution >= 4 is 11.8 Å². The molecular weight excluding hydrogens is 378 g/mol. The summed E-state index contributed by atoms with van der Waals surface area (Å²) in [7, 11) is 1.98. The van der Waals surface area contributed by atoms with E-state index >= 15 is 0 Å². The van der Waals surface area contributed by atoms with Gasteiger partial charge in [-0.25, -0.2) is 4.39 Å². The van der Waals surface area contributed by atoms with Crippen LogP contribution in [0.4, 0.5) is 17.6 Å². The van der Waals surface area contributed by atoms with Crippen molar-refractivity contribution in [1.29, 1.82) is 0 Å². The van der Waals surface area contributed by atoms with Crippen LogP contribution in [0.3, 0.4) is 0 Å². The second-order valence-corrected chi connectivity index (χ2v) is 8.38. The number of fused-ring (bicyclic) bond motifs is 2. The molecule has 2 heterocycles. The fourth-order valence-corrected chi connectivity index (χ4v) is 5.32. The van der Waals surface area contributed by atoms with Crippen molar-refractivity contribution in [3.63, 3.8) is 0 Å². The number of hydrogen-bond acceptors (Lipinski definition) is 3. The Balaban J connectivity index is 1.90. The van der Waals surface area contributed by atoms with Crippen molar-refractivity contribution in [2.75, 3.05) is 20.1 Å². The van der Waals surface area contributed by atoms with E-state index < -0.39 is 23.2 Å². The highest BCUT2D eigenvalue weighted by atomic mass is 32.2. The number of hydrogen-bond donors (Lipinski definition) is 1. The SMILES string of the molecule is CN1CCC(C2(O)c3ccc(F)cc3Sc3ccc(C(F)(F)F)cc32)CC1. The van der Waals surface area contributed by atoms with Crippen LogP contribution in [0.15, 0.2) is 46.2 Å². The first kappa shape index (κ1) is 18.8. The molecule has 0 saturated carbocycles. The van der Waals surface area contributed by atoms with Crippen LogP contribution in [-0.2, 0) is 11.8 Å². The molecule has 0 amide bonds. The molecule has 1 atom stereocenters. The molecule has 2 aliphatic rings. The Morgan fingerprint density at radius 3 is 2.41 bits per heavy atom. The van der Waals surface area contributed by atoms with Crippen LogP contribution < -0.4 is 0 Å². The average molecular weight is 397 g/mol. The molecule has 2 aromatic rings. The van der Waals surface area contributed by atoms with Crippen molar-refractivity contribution in [1.82, 2.24) is 4.90 Å². The van der Waals surface area contributed by atoms with Crippen LogP contribution in [0.1, 0.15) is 29.5 Å².